The molecule has 2 nitrogen and oxygen atoms in total. The van der Waals surface area contributed by atoms with Gasteiger partial charge in [-0.05, 0) is 49.7 Å². The number of benzene rings is 1. The summed E-state index contributed by atoms with van der Waals surface area (Å²) in [5, 5.41) is 0. The Morgan fingerprint density at radius 3 is 2.55 bits per heavy atom. The average Bonchev–Trinajstić information content (AvgIpc) is 2.57. The lowest BCUT2D eigenvalue weighted by atomic mass is 9.70. The molecule has 2 atom stereocenters. The summed E-state index contributed by atoms with van der Waals surface area (Å²) in [5.74, 6) is -0.107. The van der Waals surface area contributed by atoms with Crippen molar-refractivity contribution in [2.75, 3.05) is 0 Å². The van der Waals surface area contributed by atoms with Crippen molar-refractivity contribution >= 4 is 5.78 Å². The molecule has 0 amide bonds. The first-order chi connectivity index (χ1) is 9.25. The van der Waals surface area contributed by atoms with Crippen molar-refractivity contribution in [3.63, 3.8) is 0 Å². The highest BCUT2D eigenvalue weighted by atomic mass is 19.1. The van der Waals surface area contributed by atoms with Gasteiger partial charge in [-0.2, -0.15) is 0 Å². The number of rotatable bonds is 4. The number of carbonyl (C=O) groups excluding carboxylic acids is 1. The normalized spacial score (nSPS) is 28.6. The fourth-order valence-corrected chi connectivity index (χ4v) is 3.26. The van der Waals surface area contributed by atoms with Gasteiger partial charge in [0, 0.05) is 12.0 Å². The third-order valence-electron chi connectivity index (χ3n) is 5.40. The second-order valence-electron chi connectivity index (χ2n) is 6.82. The minimum atomic E-state index is -0.424. The van der Waals surface area contributed by atoms with E-state index in [9.17, 15) is 9.18 Å². The summed E-state index contributed by atoms with van der Waals surface area (Å²) in [6.45, 7) is 6.45. The summed E-state index contributed by atoms with van der Waals surface area (Å²) in [6.07, 6.45) is 3.21. The highest BCUT2D eigenvalue weighted by Gasteiger charge is 2.48. The summed E-state index contributed by atoms with van der Waals surface area (Å²) in [6, 6.07) is 6.20. The van der Waals surface area contributed by atoms with Gasteiger partial charge < -0.3 is 5.73 Å². The monoisotopic (exact) mass is 277 g/mol. The van der Waals surface area contributed by atoms with Gasteiger partial charge in [-0.1, -0.05) is 26.0 Å². The Hall–Kier alpha value is -1.22. The zero-order chi connectivity index (χ0) is 15.0. The molecule has 110 valence electrons. The molecular weight excluding hydrogens is 253 g/mol. The third kappa shape index (κ3) is 2.64. The van der Waals surface area contributed by atoms with Crippen molar-refractivity contribution in [2.45, 2.75) is 52.0 Å². The maximum atomic E-state index is 13.6. The van der Waals surface area contributed by atoms with E-state index >= 15 is 0 Å². The van der Waals surface area contributed by atoms with Crippen molar-refractivity contribution in [3.05, 3.63) is 35.6 Å². The van der Waals surface area contributed by atoms with Crippen LogP contribution in [-0.4, -0.2) is 11.3 Å². The number of hydrogen-bond acceptors (Lipinski definition) is 2. The molecule has 1 aromatic rings. The molecule has 0 unspecified atom stereocenters. The van der Waals surface area contributed by atoms with Crippen LogP contribution in [0, 0.1) is 17.2 Å². The molecule has 0 radical (unpaired) electrons. The first-order valence-electron chi connectivity index (χ1n) is 7.32. The second-order valence-corrected chi connectivity index (χ2v) is 6.82. The van der Waals surface area contributed by atoms with E-state index in [1.54, 1.807) is 18.2 Å². The summed E-state index contributed by atoms with van der Waals surface area (Å²) in [7, 11) is 0. The number of hydrogen-bond donors (Lipinski definition) is 1. The van der Waals surface area contributed by atoms with Crippen molar-refractivity contribution in [2.24, 2.45) is 17.1 Å². The average molecular weight is 277 g/mol. The molecule has 1 aromatic carbocycles. The van der Waals surface area contributed by atoms with Crippen LogP contribution >= 0.6 is 0 Å². The van der Waals surface area contributed by atoms with Gasteiger partial charge >= 0.3 is 0 Å². The maximum absolute atomic E-state index is 13.6. The van der Waals surface area contributed by atoms with Gasteiger partial charge in [0.2, 0.25) is 0 Å². The van der Waals surface area contributed by atoms with Crippen LogP contribution in [0.15, 0.2) is 24.3 Å². The van der Waals surface area contributed by atoms with E-state index < -0.39 is 5.82 Å². The van der Waals surface area contributed by atoms with Crippen LogP contribution < -0.4 is 5.73 Å². The maximum Gasteiger partial charge on any atom is 0.165 e. The van der Waals surface area contributed by atoms with Crippen LogP contribution in [0.4, 0.5) is 4.39 Å². The predicted octanol–water partition coefficient (Wildman–Crippen LogP) is 3.94. The molecule has 1 aliphatic carbocycles. The quantitative estimate of drug-likeness (QED) is 0.847. The molecule has 1 fully saturated rings. The van der Waals surface area contributed by atoms with Crippen LogP contribution in [0.2, 0.25) is 0 Å². The zero-order valence-electron chi connectivity index (χ0n) is 12.6. The molecule has 2 N–H and O–H groups in total. The standard InChI is InChI=1S/C17H24FNO/c1-16(2)12(10-11-17(16,3)19)8-9-15(20)13-6-4-5-7-14(13)18/h4-7,12H,8-11,19H2,1-3H3/t12-,17+/m0/s1. The molecule has 0 aromatic heterocycles. The van der Waals surface area contributed by atoms with E-state index in [-0.39, 0.29) is 22.3 Å². The molecule has 0 bridgehead atoms. The van der Waals surface area contributed by atoms with Crippen LogP contribution in [0.25, 0.3) is 0 Å². The van der Waals surface area contributed by atoms with Crippen molar-refractivity contribution < 1.29 is 9.18 Å². The Morgan fingerprint density at radius 2 is 2.00 bits per heavy atom. The highest BCUT2D eigenvalue weighted by molar-refractivity contribution is 5.96. The van der Waals surface area contributed by atoms with E-state index in [1.165, 1.54) is 6.07 Å². The topological polar surface area (TPSA) is 43.1 Å². The fourth-order valence-electron chi connectivity index (χ4n) is 3.26. The number of Topliss-reactive ketones (excluding diaryl/α,β-unsaturated/α-hetero) is 1. The van der Waals surface area contributed by atoms with Gasteiger partial charge in [-0.3, -0.25) is 4.79 Å². The molecule has 0 spiro atoms. The SMILES string of the molecule is CC1(C)[C@@H](CCC(=O)c2ccccc2F)CC[C@@]1(C)N. The third-order valence-corrected chi connectivity index (χ3v) is 5.40. The second kappa shape index (κ2) is 5.28. The molecule has 0 saturated heterocycles. The van der Waals surface area contributed by atoms with Gasteiger partial charge in [0.15, 0.2) is 5.78 Å². The molecule has 20 heavy (non-hydrogen) atoms. The minimum Gasteiger partial charge on any atom is -0.325 e. The Balaban J connectivity index is 2.00. The Bertz CT molecular complexity index is 507. The van der Waals surface area contributed by atoms with Crippen LogP contribution in [0.3, 0.4) is 0 Å². The molecule has 0 heterocycles. The van der Waals surface area contributed by atoms with Gasteiger partial charge in [-0.15, -0.1) is 0 Å². The molecular formula is C17H24FNO. The highest BCUT2D eigenvalue weighted by Crippen LogP contribution is 2.50. The van der Waals surface area contributed by atoms with Crippen molar-refractivity contribution in [1.29, 1.82) is 0 Å². The van der Waals surface area contributed by atoms with E-state index in [2.05, 4.69) is 20.8 Å². The molecule has 1 aliphatic rings. The minimum absolute atomic E-state index is 0.0164. The Morgan fingerprint density at radius 1 is 1.35 bits per heavy atom. The summed E-state index contributed by atoms with van der Waals surface area (Å²) >= 11 is 0. The number of carbonyl (C=O) groups is 1. The first kappa shape index (κ1) is 15.2. The Labute approximate surface area is 120 Å². The summed E-state index contributed by atoms with van der Waals surface area (Å²) < 4.78 is 13.6. The smallest absolute Gasteiger partial charge is 0.165 e. The number of ketones is 1. The molecule has 1 saturated carbocycles. The molecule has 3 heteroatoms. The van der Waals surface area contributed by atoms with Crippen LogP contribution in [0.1, 0.15) is 56.8 Å². The Kier molecular flexibility index (Phi) is 4.01. The van der Waals surface area contributed by atoms with Crippen molar-refractivity contribution in [1.82, 2.24) is 0 Å². The van der Waals surface area contributed by atoms with E-state index in [4.69, 9.17) is 5.73 Å². The van der Waals surface area contributed by atoms with Gasteiger partial charge in [0.1, 0.15) is 5.82 Å². The molecule has 2 rings (SSSR count). The molecule has 0 aliphatic heterocycles. The first-order valence-corrected chi connectivity index (χ1v) is 7.32. The van der Waals surface area contributed by atoms with Crippen LogP contribution in [-0.2, 0) is 0 Å². The predicted molar refractivity (Wildman–Crippen MR) is 79.1 cm³/mol. The summed E-state index contributed by atoms with van der Waals surface area (Å²) in [4.78, 5) is 12.1. The number of nitrogens with two attached hydrogens (primary N) is 1. The number of halogens is 1. The van der Waals surface area contributed by atoms with E-state index in [0.717, 1.165) is 19.3 Å². The van der Waals surface area contributed by atoms with Crippen LogP contribution in [0.5, 0.6) is 0 Å². The van der Waals surface area contributed by atoms with Gasteiger partial charge in [0.25, 0.3) is 0 Å². The lowest BCUT2D eigenvalue weighted by molar-refractivity contribution is 0.0945. The van der Waals surface area contributed by atoms with Gasteiger partial charge in [-0.25, -0.2) is 4.39 Å². The lowest BCUT2D eigenvalue weighted by Gasteiger charge is -2.39. The van der Waals surface area contributed by atoms with Crippen molar-refractivity contribution in [3.8, 4) is 0 Å². The largest absolute Gasteiger partial charge is 0.325 e. The lowest BCUT2D eigenvalue weighted by Crippen LogP contribution is -2.48. The zero-order valence-corrected chi connectivity index (χ0v) is 12.6. The summed E-state index contributed by atoms with van der Waals surface area (Å²) in [5.41, 5.74) is 6.38. The fraction of sp³-hybridized carbons (Fsp3) is 0.588. The van der Waals surface area contributed by atoms with Gasteiger partial charge in [0.05, 0.1) is 5.56 Å². The van der Waals surface area contributed by atoms with E-state index in [1.807, 2.05) is 0 Å². The van der Waals surface area contributed by atoms with E-state index in [0.29, 0.717) is 12.3 Å².